The van der Waals surface area contributed by atoms with Crippen LogP contribution in [0.5, 0.6) is 0 Å². The number of hydrogen-bond donors (Lipinski definition) is 0. The third kappa shape index (κ3) is 2.32. The molecule has 0 aliphatic heterocycles. The van der Waals surface area contributed by atoms with Crippen LogP contribution in [0, 0.1) is 17.3 Å². The lowest BCUT2D eigenvalue weighted by molar-refractivity contribution is -0.138. The zero-order valence-corrected chi connectivity index (χ0v) is 12.4. The van der Waals surface area contributed by atoms with Gasteiger partial charge in [-0.1, -0.05) is 26.0 Å². The van der Waals surface area contributed by atoms with Crippen molar-refractivity contribution in [1.82, 2.24) is 0 Å². The van der Waals surface area contributed by atoms with E-state index in [1.54, 1.807) is 0 Å². The lowest BCUT2D eigenvalue weighted by Crippen LogP contribution is -2.48. The van der Waals surface area contributed by atoms with Crippen LogP contribution in [-0.4, -0.2) is 5.97 Å². The van der Waals surface area contributed by atoms with E-state index >= 15 is 0 Å². The minimum Gasteiger partial charge on any atom is -0.427 e. The molecule has 0 unspecified atom stereocenters. The van der Waals surface area contributed by atoms with Crippen molar-refractivity contribution in [3.05, 3.63) is 47.2 Å². The second-order valence-corrected chi connectivity index (χ2v) is 6.58. The van der Waals surface area contributed by atoms with Crippen LogP contribution in [0.15, 0.2) is 36.1 Å². The molecule has 1 aromatic carbocycles. The number of esters is 1. The van der Waals surface area contributed by atoms with Crippen LogP contribution in [0.25, 0.3) is 0 Å². The first-order chi connectivity index (χ1) is 10.2. The Kier molecular flexibility index (Phi) is 3.34. The molecule has 2 bridgehead atoms. The van der Waals surface area contributed by atoms with Crippen LogP contribution in [0.4, 0.5) is 13.2 Å². The molecule has 0 spiro atoms. The summed E-state index contributed by atoms with van der Waals surface area (Å²) in [5.74, 6) is 0.283. The summed E-state index contributed by atoms with van der Waals surface area (Å²) < 4.78 is 44.2. The minimum atomic E-state index is -4.57. The monoisotopic (exact) mass is 310 g/mol. The van der Waals surface area contributed by atoms with Gasteiger partial charge in [-0.25, -0.2) is 4.79 Å². The van der Waals surface area contributed by atoms with E-state index in [1.807, 2.05) is 6.08 Å². The summed E-state index contributed by atoms with van der Waals surface area (Å²) in [5.41, 5.74) is -1.34. The summed E-state index contributed by atoms with van der Waals surface area (Å²) >= 11 is 0. The molecule has 0 N–H and O–H groups in total. The molecular formula is C17H17F3O2. The molecule has 0 saturated heterocycles. The number of hydrogen-bond acceptors (Lipinski definition) is 2. The number of carbonyl (C=O) groups is 1. The van der Waals surface area contributed by atoms with Gasteiger partial charge in [0.15, 0.2) is 0 Å². The van der Waals surface area contributed by atoms with Gasteiger partial charge in [0.05, 0.1) is 11.1 Å². The molecule has 3 aliphatic carbocycles. The zero-order valence-electron chi connectivity index (χ0n) is 12.4. The topological polar surface area (TPSA) is 26.3 Å². The van der Waals surface area contributed by atoms with Crippen LogP contribution in [0.1, 0.15) is 42.6 Å². The Hall–Kier alpha value is -1.78. The predicted molar refractivity (Wildman–Crippen MR) is 74.9 cm³/mol. The van der Waals surface area contributed by atoms with Gasteiger partial charge in [0.25, 0.3) is 0 Å². The quantitative estimate of drug-likeness (QED) is 0.733. The van der Waals surface area contributed by atoms with Crippen molar-refractivity contribution in [2.75, 3.05) is 0 Å². The summed E-state index contributed by atoms with van der Waals surface area (Å²) in [6, 6.07) is 4.72. The van der Waals surface area contributed by atoms with Crippen LogP contribution < -0.4 is 0 Å². The van der Waals surface area contributed by atoms with Crippen molar-refractivity contribution in [2.24, 2.45) is 17.3 Å². The average Bonchev–Trinajstić information content (AvgIpc) is 2.46. The molecule has 2 atom stereocenters. The third-order valence-corrected chi connectivity index (χ3v) is 5.08. The van der Waals surface area contributed by atoms with Gasteiger partial charge in [-0.3, -0.25) is 0 Å². The van der Waals surface area contributed by atoms with Gasteiger partial charge in [0.2, 0.25) is 0 Å². The van der Waals surface area contributed by atoms with E-state index in [-0.39, 0.29) is 11.3 Å². The van der Waals surface area contributed by atoms with Gasteiger partial charge in [-0.15, -0.1) is 0 Å². The van der Waals surface area contributed by atoms with Crippen molar-refractivity contribution in [3.8, 4) is 0 Å². The standard InChI is InChI=1S/C17H17F3O2/c1-16(2)10-7-8-14(13(16)9-10)22-15(21)11-5-3-4-6-12(11)17(18,19)20/h3-6,8,10,13H,7,9H2,1-2H3/t10-,13-/m0/s1. The van der Waals surface area contributed by atoms with E-state index in [1.165, 1.54) is 12.1 Å². The fourth-order valence-electron chi connectivity index (χ4n) is 3.48. The number of benzene rings is 1. The lowest BCUT2D eigenvalue weighted by atomic mass is 9.50. The molecule has 118 valence electrons. The maximum Gasteiger partial charge on any atom is 0.417 e. The Morgan fingerprint density at radius 1 is 1.27 bits per heavy atom. The average molecular weight is 310 g/mol. The first kappa shape index (κ1) is 15.1. The molecule has 1 fully saturated rings. The van der Waals surface area contributed by atoms with E-state index in [9.17, 15) is 18.0 Å². The molecule has 22 heavy (non-hydrogen) atoms. The van der Waals surface area contributed by atoms with Crippen molar-refractivity contribution in [3.63, 3.8) is 0 Å². The molecule has 5 heteroatoms. The van der Waals surface area contributed by atoms with Crippen LogP contribution in [-0.2, 0) is 10.9 Å². The fraction of sp³-hybridized carbons (Fsp3) is 0.471. The number of rotatable bonds is 2. The number of allylic oxidation sites excluding steroid dienone is 2. The molecule has 0 amide bonds. The van der Waals surface area contributed by atoms with Crippen LogP contribution in [0.3, 0.4) is 0 Å². The van der Waals surface area contributed by atoms with Gasteiger partial charge in [-0.2, -0.15) is 13.2 Å². The highest BCUT2D eigenvalue weighted by Crippen LogP contribution is 2.59. The second-order valence-electron chi connectivity index (χ2n) is 6.58. The molecule has 3 aliphatic rings. The SMILES string of the molecule is CC1(C)[C@H]2CC=C(OC(=O)c3ccccc3C(F)(F)F)[C@@H]1C2. The minimum absolute atomic E-state index is 0.0495. The summed E-state index contributed by atoms with van der Waals surface area (Å²) in [7, 11) is 0. The molecule has 4 rings (SSSR count). The highest BCUT2D eigenvalue weighted by atomic mass is 19.4. The Morgan fingerprint density at radius 3 is 2.55 bits per heavy atom. The number of fused-ring (bicyclic) bond motifs is 1. The number of halogens is 3. The Bertz CT molecular complexity index is 644. The smallest absolute Gasteiger partial charge is 0.417 e. The summed E-state index contributed by atoms with van der Waals surface area (Å²) in [4.78, 5) is 12.2. The summed E-state index contributed by atoms with van der Waals surface area (Å²) in [5, 5.41) is 0. The molecular weight excluding hydrogens is 293 g/mol. The second kappa shape index (κ2) is 4.86. The van der Waals surface area contributed by atoms with E-state index in [0.717, 1.165) is 25.0 Å². The Balaban J connectivity index is 1.84. The summed E-state index contributed by atoms with van der Waals surface area (Å²) in [6.07, 6.45) is -0.977. The molecule has 0 aromatic heterocycles. The predicted octanol–water partition coefficient (Wildman–Crippen LogP) is 4.81. The highest BCUT2D eigenvalue weighted by Gasteiger charge is 2.52. The first-order valence-electron chi connectivity index (χ1n) is 7.29. The molecule has 1 aromatic rings. The zero-order chi connectivity index (χ0) is 16.1. The molecule has 1 saturated carbocycles. The Morgan fingerprint density at radius 2 is 1.95 bits per heavy atom. The molecule has 2 nitrogen and oxygen atoms in total. The third-order valence-electron chi connectivity index (χ3n) is 5.08. The number of ether oxygens (including phenoxy) is 1. The van der Waals surface area contributed by atoms with Gasteiger partial charge < -0.3 is 4.74 Å². The van der Waals surface area contributed by atoms with E-state index in [4.69, 9.17) is 4.74 Å². The van der Waals surface area contributed by atoms with Crippen molar-refractivity contribution in [2.45, 2.75) is 32.9 Å². The van der Waals surface area contributed by atoms with E-state index in [2.05, 4.69) is 13.8 Å². The number of carbonyl (C=O) groups excluding carboxylic acids is 1. The highest BCUT2D eigenvalue weighted by molar-refractivity contribution is 5.92. The van der Waals surface area contributed by atoms with Crippen LogP contribution >= 0.6 is 0 Å². The summed E-state index contributed by atoms with van der Waals surface area (Å²) in [6.45, 7) is 4.21. The molecule has 0 radical (unpaired) electrons. The maximum atomic E-state index is 13.0. The van der Waals surface area contributed by atoms with Crippen molar-refractivity contribution < 1.29 is 22.7 Å². The van der Waals surface area contributed by atoms with Crippen molar-refractivity contribution >= 4 is 5.97 Å². The first-order valence-corrected chi connectivity index (χ1v) is 7.29. The number of alkyl halides is 3. The van der Waals surface area contributed by atoms with Gasteiger partial charge in [0.1, 0.15) is 5.76 Å². The molecule has 0 heterocycles. The lowest BCUT2D eigenvalue weighted by Gasteiger charge is -2.55. The van der Waals surface area contributed by atoms with E-state index < -0.39 is 23.3 Å². The van der Waals surface area contributed by atoms with Gasteiger partial charge >= 0.3 is 12.1 Å². The normalized spacial score (nSPS) is 26.0. The Labute approximate surface area is 127 Å². The fourth-order valence-corrected chi connectivity index (χ4v) is 3.48. The van der Waals surface area contributed by atoms with Gasteiger partial charge in [-0.05, 0) is 42.4 Å². The largest absolute Gasteiger partial charge is 0.427 e. The maximum absolute atomic E-state index is 13.0. The van der Waals surface area contributed by atoms with Gasteiger partial charge in [0, 0.05) is 5.92 Å². The van der Waals surface area contributed by atoms with E-state index in [0.29, 0.717) is 11.7 Å². The van der Waals surface area contributed by atoms with Crippen LogP contribution in [0.2, 0.25) is 0 Å². The van der Waals surface area contributed by atoms with Crippen molar-refractivity contribution in [1.29, 1.82) is 0 Å².